The number of rotatable bonds is 4. The van der Waals surface area contributed by atoms with Crippen molar-refractivity contribution in [2.45, 2.75) is 11.5 Å². The van der Waals surface area contributed by atoms with Gasteiger partial charge in [0.25, 0.3) is 5.69 Å². The third-order valence-corrected chi connectivity index (χ3v) is 6.80. The van der Waals surface area contributed by atoms with E-state index in [1.807, 2.05) is 23.1 Å². The summed E-state index contributed by atoms with van der Waals surface area (Å²) < 4.78 is 13.5. The van der Waals surface area contributed by atoms with Gasteiger partial charge in [0.1, 0.15) is 11.4 Å². The maximum atomic E-state index is 13.9. The van der Waals surface area contributed by atoms with Crippen LogP contribution in [0.4, 0.5) is 15.8 Å². The van der Waals surface area contributed by atoms with Gasteiger partial charge in [0.05, 0.1) is 10.8 Å². The quantitative estimate of drug-likeness (QED) is 0.371. The largest absolute Gasteiger partial charge is 0.324 e. The van der Waals surface area contributed by atoms with Crippen LogP contribution in [0.15, 0.2) is 72.8 Å². The molecule has 1 spiro atoms. The van der Waals surface area contributed by atoms with E-state index in [-0.39, 0.29) is 17.4 Å². The molecule has 0 radical (unpaired) electrons. The second-order valence-corrected chi connectivity index (χ2v) is 8.45. The Balaban J connectivity index is 1.69. The Hall–Kier alpha value is -3.91. The zero-order valence-corrected chi connectivity index (χ0v) is 17.7. The highest BCUT2D eigenvalue weighted by atomic mass is 19.1. The van der Waals surface area contributed by atoms with Crippen molar-refractivity contribution >= 4 is 23.1 Å². The van der Waals surface area contributed by atoms with Crippen molar-refractivity contribution in [1.29, 1.82) is 0 Å². The van der Waals surface area contributed by atoms with E-state index in [4.69, 9.17) is 0 Å². The number of ketones is 1. The van der Waals surface area contributed by atoms with E-state index in [0.29, 0.717) is 23.4 Å². The Bertz CT molecular complexity index is 1280. The summed E-state index contributed by atoms with van der Waals surface area (Å²) >= 11 is 0. The predicted octanol–water partition coefficient (Wildman–Crippen LogP) is 4.11. The number of carbonyl (C=O) groups is 2. The minimum Gasteiger partial charge on any atom is -0.324 e. The summed E-state index contributed by atoms with van der Waals surface area (Å²) in [4.78, 5) is 40.0. The Morgan fingerprint density at radius 1 is 1.09 bits per heavy atom. The monoisotopic (exact) mass is 445 g/mol. The number of Topliss-reactive ketones (excluding diaryl/α,β-unsaturated/α-hetero) is 1. The molecule has 0 bridgehead atoms. The molecule has 1 saturated heterocycles. The lowest BCUT2D eigenvalue weighted by atomic mass is 9.70. The summed E-state index contributed by atoms with van der Waals surface area (Å²) in [6, 6.07) is 18.7. The average Bonchev–Trinajstić information content (AvgIpc) is 3.29. The number of likely N-dealkylation sites (tertiary alicyclic amines) is 1. The van der Waals surface area contributed by atoms with Crippen LogP contribution in [0.25, 0.3) is 0 Å². The standard InChI is InChI=1S/C25H20FN3O4/c1-28-14-19(15-8-12-18(13-9-15)29(32)33)22(23(30)16-6-10-17(26)11-7-16)25(28)20-4-2-3-5-21(20)27-24(25)31/h2-13,19,22H,14H2,1H3,(H,27,31)/t19-,22-,25+/m1/s1. The number of hydrogen-bond donors (Lipinski definition) is 1. The van der Waals surface area contributed by atoms with Gasteiger partial charge in [-0.1, -0.05) is 30.3 Å². The number of nitro groups is 1. The fourth-order valence-electron chi connectivity index (χ4n) is 5.33. The molecule has 3 aromatic rings. The van der Waals surface area contributed by atoms with E-state index in [1.54, 1.807) is 25.2 Å². The van der Waals surface area contributed by atoms with Crippen molar-refractivity contribution in [3.05, 3.63) is 105 Å². The van der Waals surface area contributed by atoms with E-state index >= 15 is 0 Å². The van der Waals surface area contributed by atoms with E-state index in [0.717, 1.165) is 5.56 Å². The van der Waals surface area contributed by atoms with Gasteiger partial charge in [-0.25, -0.2) is 4.39 Å². The molecular weight excluding hydrogens is 425 g/mol. The number of likely N-dealkylation sites (N-methyl/N-ethyl adjacent to an activating group) is 1. The highest BCUT2D eigenvalue weighted by Crippen LogP contribution is 2.55. The van der Waals surface area contributed by atoms with E-state index in [1.165, 1.54) is 36.4 Å². The van der Waals surface area contributed by atoms with Crippen molar-refractivity contribution in [1.82, 2.24) is 4.90 Å². The summed E-state index contributed by atoms with van der Waals surface area (Å²) in [6.07, 6.45) is 0. The molecular formula is C25H20FN3O4. The molecule has 7 nitrogen and oxygen atoms in total. The van der Waals surface area contributed by atoms with E-state index in [9.17, 15) is 24.1 Å². The molecule has 5 rings (SSSR count). The molecule has 8 heteroatoms. The topological polar surface area (TPSA) is 92.5 Å². The van der Waals surface area contributed by atoms with Gasteiger partial charge in [0, 0.05) is 41.4 Å². The summed E-state index contributed by atoms with van der Waals surface area (Å²) in [7, 11) is 1.80. The number of fused-ring (bicyclic) bond motifs is 2. The number of nitro benzene ring substituents is 1. The fraction of sp³-hybridized carbons (Fsp3) is 0.200. The van der Waals surface area contributed by atoms with Gasteiger partial charge < -0.3 is 5.32 Å². The van der Waals surface area contributed by atoms with Crippen LogP contribution in [0.1, 0.15) is 27.4 Å². The summed E-state index contributed by atoms with van der Waals surface area (Å²) in [5, 5.41) is 14.0. The predicted molar refractivity (Wildman–Crippen MR) is 119 cm³/mol. The Labute approximate surface area is 189 Å². The van der Waals surface area contributed by atoms with Gasteiger partial charge in [-0.05, 0) is 42.9 Å². The number of benzene rings is 3. The highest BCUT2D eigenvalue weighted by Gasteiger charge is 2.64. The van der Waals surface area contributed by atoms with Crippen LogP contribution in [0.3, 0.4) is 0 Å². The SMILES string of the molecule is CN1C[C@H](c2ccc([N+](=O)[O-])cc2)[C@H](C(=O)c2ccc(F)cc2)[C@@]12C(=O)Nc1ccccc12. The maximum Gasteiger partial charge on any atom is 0.269 e. The van der Waals surface area contributed by atoms with Crippen molar-refractivity contribution in [2.75, 3.05) is 18.9 Å². The number of hydrogen-bond acceptors (Lipinski definition) is 5. The molecule has 33 heavy (non-hydrogen) atoms. The van der Waals surface area contributed by atoms with Crippen LogP contribution < -0.4 is 5.32 Å². The molecule has 1 amide bonds. The highest BCUT2D eigenvalue weighted by molar-refractivity contribution is 6.12. The Morgan fingerprint density at radius 3 is 2.42 bits per heavy atom. The molecule has 2 heterocycles. The van der Waals surface area contributed by atoms with Gasteiger partial charge >= 0.3 is 0 Å². The molecule has 2 aliphatic heterocycles. The van der Waals surface area contributed by atoms with E-state index in [2.05, 4.69) is 5.32 Å². The van der Waals surface area contributed by atoms with Gasteiger partial charge in [0.15, 0.2) is 5.78 Å². The second kappa shape index (κ2) is 7.60. The zero-order valence-electron chi connectivity index (χ0n) is 17.7. The first-order valence-electron chi connectivity index (χ1n) is 10.5. The molecule has 0 aliphatic carbocycles. The van der Waals surface area contributed by atoms with Crippen molar-refractivity contribution < 1.29 is 18.9 Å². The van der Waals surface area contributed by atoms with Gasteiger partial charge in [-0.3, -0.25) is 24.6 Å². The normalized spacial score (nSPS) is 24.0. The first-order chi connectivity index (χ1) is 15.8. The van der Waals surface area contributed by atoms with Crippen LogP contribution in [-0.2, 0) is 10.3 Å². The molecule has 1 fully saturated rings. The number of halogens is 1. The summed E-state index contributed by atoms with van der Waals surface area (Å²) in [5.74, 6) is -2.27. The molecule has 0 aromatic heterocycles. The van der Waals surface area contributed by atoms with Crippen LogP contribution in [0, 0.1) is 21.8 Å². The van der Waals surface area contributed by atoms with Crippen molar-refractivity contribution in [3.8, 4) is 0 Å². The first-order valence-corrected chi connectivity index (χ1v) is 10.5. The minimum absolute atomic E-state index is 0.0508. The molecule has 0 unspecified atom stereocenters. The molecule has 0 saturated carbocycles. The van der Waals surface area contributed by atoms with Crippen LogP contribution in [0.2, 0.25) is 0 Å². The van der Waals surface area contributed by atoms with Gasteiger partial charge in [0.2, 0.25) is 5.91 Å². The van der Waals surface area contributed by atoms with Crippen molar-refractivity contribution in [2.24, 2.45) is 5.92 Å². The average molecular weight is 445 g/mol. The van der Waals surface area contributed by atoms with Crippen molar-refractivity contribution in [3.63, 3.8) is 0 Å². The lowest BCUT2D eigenvalue weighted by molar-refractivity contribution is -0.384. The van der Waals surface area contributed by atoms with E-state index < -0.39 is 28.1 Å². The lowest BCUT2D eigenvalue weighted by Gasteiger charge is -2.35. The molecule has 2 aliphatic rings. The number of nitrogens with one attached hydrogen (secondary N) is 1. The number of anilines is 1. The number of carbonyl (C=O) groups excluding carboxylic acids is 2. The Morgan fingerprint density at radius 2 is 1.76 bits per heavy atom. The molecule has 3 aromatic carbocycles. The molecule has 166 valence electrons. The smallest absolute Gasteiger partial charge is 0.269 e. The Kier molecular flexibility index (Phi) is 4.83. The zero-order chi connectivity index (χ0) is 23.3. The van der Waals surface area contributed by atoms with Crippen LogP contribution in [0.5, 0.6) is 0 Å². The lowest BCUT2D eigenvalue weighted by Crippen LogP contribution is -2.51. The number of amides is 1. The third kappa shape index (κ3) is 3.06. The first kappa shape index (κ1) is 21.0. The van der Waals surface area contributed by atoms with Crippen LogP contribution in [-0.4, -0.2) is 35.1 Å². The second-order valence-electron chi connectivity index (χ2n) is 8.45. The van der Waals surface area contributed by atoms with Gasteiger partial charge in [-0.15, -0.1) is 0 Å². The maximum absolute atomic E-state index is 13.9. The van der Waals surface area contributed by atoms with Crippen LogP contribution >= 0.6 is 0 Å². The fourth-order valence-corrected chi connectivity index (χ4v) is 5.33. The number of para-hydroxylation sites is 1. The minimum atomic E-state index is -1.26. The van der Waals surface area contributed by atoms with Gasteiger partial charge in [-0.2, -0.15) is 0 Å². The summed E-state index contributed by atoms with van der Waals surface area (Å²) in [5.41, 5.74) is 1.08. The molecule has 3 atom stereocenters. The number of nitrogens with zero attached hydrogens (tertiary/aromatic N) is 2. The number of non-ortho nitro benzene ring substituents is 1. The molecule has 1 N–H and O–H groups in total. The third-order valence-electron chi connectivity index (χ3n) is 6.80. The summed E-state index contributed by atoms with van der Waals surface area (Å²) in [6.45, 7) is 0.386.